The maximum atomic E-state index is 5.33. The minimum atomic E-state index is 0.555. The minimum Gasteiger partial charge on any atom is -0.464 e. The van der Waals surface area contributed by atoms with Gasteiger partial charge in [-0.05, 0) is 18.2 Å². The van der Waals surface area contributed by atoms with Gasteiger partial charge in [0.1, 0.15) is 24.9 Å². The van der Waals surface area contributed by atoms with Crippen LogP contribution in [0.4, 0.5) is 5.69 Å². The van der Waals surface area contributed by atoms with Gasteiger partial charge in [0.05, 0.1) is 12.0 Å². The predicted molar refractivity (Wildman–Crippen MR) is 63.5 cm³/mol. The van der Waals surface area contributed by atoms with E-state index in [1.165, 1.54) is 6.34 Å². The third-order valence-electron chi connectivity index (χ3n) is 2.32. The van der Waals surface area contributed by atoms with Crippen LogP contribution in [0.5, 0.6) is 0 Å². The number of nitrogens with one attached hydrogen (secondary N) is 1. The molecule has 0 fully saturated rings. The van der Waals surface area contributed by atoms with Crippen molar-refractivity contribution in [2.24, 2.45) is 9.98 Å². The zero-order valence-electron chi connectivity index (χ0n) is 8.50. The van der Waals surface area contributed by atoms with E-state index in [2.05, 4.69) is 15.4 Å². The summed E-state index contributed by atoms with van der Waals surface area (Å²) in [6.45, 7) is 0.555. The molecule has 80 valence electrons. The highest BCUT2D eigenvalue weighted by molar-refractivity contribution is 5.81. The van der Waals surface area contributed by atoms with Gasteiger partial charge in [0.25, 0.3) is 0 Å². The van der Waals surface area contributed by atoms with E-state index in [4.69, 9.17) is 4.42 Å². The molecule has 0 aliphatic carbocycles. The summed E-state index contributed by atoms with van der Waals surface area (Å²) in [5.41, 5.74) is 4.99. The molecule has 0 amide bonds. The number of aliphatic imine (C=N–C) groups is 2. The summed E-state index contributed by atoms with van der Waals surface area (Å²) in [5, 5.41) is 2.89. The third-order valence-corrected chi connectivity index (χ3v) is 2.32. The lowest BCUT2D eigenvalue weighted by Gasteiger charge is -2.20. The Labute approximate surface area is 92.1 Å². The molecule has 5 nitrogen and oxygen atoms in total. The highest BCUT2D eigenvalue weighted by Crippen LogP contribution is 2.20. The molecule has 3 rings (SSSR count). The average Bonchev–Trinajstić information content (AvgIpc) is 2.77. The summed E-state index contributed by atoms with van der Waals surface area (Å²) in [6, 6.07) is 7.88. The van der Waals surface area contributed by atoms with Crippen molar-refractivity contribution in [3.8, 4) is 0 Å². The smallest absolute Gasteiger partial charge is 0.135 e. The fourth-order valence-electron chi connectivity index (χ4n) is 1.57. The molecule has 2 heterocycles. The van der Waals surface area contributed by atoms with Gasteiger partial charge in [-0.25, -0.2) is 4.99 Å². The lowest BCUT2D eigenvalue weighted by atomic mass is 10.2. The zero-order chi connectivity index (χ0) is 10.8. The van der Waals surface area contributed by atoms with Gasteiger partial charge in [0, 0.05) is 11.5 Å². The predicted octanol–water partition coefficient (Wildman–Crippen LogP) is 2.09. The topological polar surface area (TPSA) is 53.1 Å². The fourth-order valence-corrected chi connectivity index (χ4v) is 1.57. The molecule has 1 aliphatic heterocycles. The number of hydrogen-bond donors (Lipinski definition) is 1. The lowest BCUT2D eigenvalue weighted by Crippen LogP contribution is -2.30. The maximum Gasteiger partial charge on any atom is 0.135 e. The van der Waals surface area contributed by atoms with E-state index in [9.17, 15) is 0 Å². The number of nitrogens with zero attached hydrogens (tertiary/aromatic N) is 3. The van der Waals surface area contributed by atoms with Crippen LogP contribution in [0.2, 0.25) is 0 Å². The van der Waals surface area contributed by atoms with Crippen LogP contribution in [-0.4, -0.2) is 24.4 Å². The van der Waals surface area contributed by atoms with Crippen LogP contribution in [-0.2, 0) is 0 Å². The van der Waals surface area contributed by atoms with Gasteiger partial charge in [-0.15, -0.1) is 0 Å². The van der Waals surface area contributed by atoms with Crippen LogP contribution in [0.3, 0.4) is 0 Å². The van der Waals surface area contributed by atoms with E-state index in [1.807, 2.05) is 24.3 Å². The Morgan fingerprint density at radius 1 is 1.31 bits per heavy atom. The Balaban J connectivity index is 1.83. The second kappa shape index (κ2) is 3.69. The monoisotopic (exact) mass is 214 g/mol. The number of hydrogen-bond acceptors (Lipinski definition) is 5. The van der Waals surface area contributed by atoms with Crippen LogP contribution in [0, 0.1) is 0 Å². The van der Waals surface area contributed by atoms with Gasteiger partial charge in [-0.2, -0.15) is 0 Å². The number of fused-ring (bicyclic) bond motifs is 1. The normalized spacial score (nSPS) is 14.6. The highest BCUT2D eigenvalue weighted by atomic mass is 16.3. The molecule has 0 saturated carbocycles. The van der Waals surface area contributed by atoms with E-state index < -0.39 is 0 Å². The molecule has 1 aromatic heterocycles. The van der Waals surface area contributed by atoms with Crippen molar-refractivity contribution in [2.45, 2.75) is 0 Å². The summed E-state index contributed by atoms with van der Waals surface area (Å²) in [4.78, 5) is 7.95. The van der Waals surface area contributed by atoms with E-state index in [0.717, 1.165) is 16.7 Å². The second-order valence-corrected chi connectivity index (χ2v) is 3.46. The van der Waals surface area contributed by atoms with Gasteiger partial charge in [0.2, 0.25) is 0 Å². The summed E-state index contributed by atoms with van der Waals surface area (Å²) >= 11 is 0. The number of hydrazine groups is 1. The molecular weight excluding hydrogens is 204 g/mol. The number of rotatable bonds is 2. The van der Waals surface area contributed by atoms with Crippen molar-refractivity contribution in [1.29, 1.82) is 0 Å². The van der Waals surface area contributed by atoms with Gasteiger partial charge in [0.15, 0.2) is 0 Å². The van der Waals surface area contributed by atoms with Crippen molar-refractivity contribution in [1.82, 2.24) is 5.01 Å². The van der Waals surface area contributed by atoms with Crippen molar-refractivity contribution < 1.29 is 4.42 Å². The van der Waals surface area contributed by atoms with Crippen LogP contribution >= 0.6 is 0 Å². The van der Waals surface area contributed by atoms with E-state index in [-0.39, 0.29) is 0 Å². The first-order valence-corrected chi connectivity index (χ1v) is 4.94. The molecule has 2 aromatic rings. The first kappa shape index (κ1) is 8.96. The van der Waals surface area contributed by atoms with Crippen molar-refractivity contribution in [3.05, 3.63) is 30.5 Å². The zero-order valence-corrected chi connectivity index (χ0v) is 8.50. The Hall–Kier alpha value is -2.30. The lowest BCUT2D eigenvalue weighted by molar-refractivity contribution is 0.524. The molecule has 0 unspecified atom stereocenters. The number of furan rings is 1. The van der Waals surface area contributed by atoms with E-state index in [0.29, 0.717) is 6.67 Å². The number of anilines is 1. The van der Waals surface area contributed by atoms with Gasteiger partial charge < -0.3 is 4.42 Å². The fraction of sp³-hybridized carbons (Fsp3) is 0.0909. The largest absolute Gasteiger partial charge is 0.464 e. The van der Waals surface area contributed by atoms with E-state index >= 15 is 0 Å². The molecule has 0 radical (unpaired) electrons. The minimum absolute atomic E-state index is 0.555. The van der Waals surface area contributed by atoms with Gasteiger partial charge >= 0.3 is 0 Å². The summed E-state index contributed by atoms with van der Waals surface area (Å²) in [5.74, 6) is 0. The molecule has 1 N–H and O–H groups in total. The Kier molecular flexibility index (Phi) is 2.07. The molecule has 1 aromatic carbocycles. The summed E-state index contributed by atoms with van der Waals surface area (Å²) < 4.78 is 5.33. The van der Waals surface area contributed by atoms with Crippen LogP contribution < -0.4 is 5.43 Å². The van der Waals surface area contributed by atoms with E-state index in [1.54, 1.807) is 17.6 Å². The van der Waals surface area contributed by atoms with Crippen LogP contribution in [0.25, 0.3) is 11.0 Å². The molecule has 0 saturated heterocycles. The summed E-state index contributed by atoms with van der Waals surface area (Å²) in [6.07, 6.45) is 4.91. The molecule has 0 bridgehead atoms. The Bertz CT molecular complexity index is 558. The Morgan fingerprint density at radius 3 is 3.19 bits per heavy atom. The average molecular weight is 214 g/mol. The van der Waals surface area contributed by atoms with Crippen LogP contribution in [0.15, 0.2) is 44.9 Å². The third kappa shape index (κ3) is 1.63. The SMILES string of the molecule is C1=NC=NCN1Nc1ccc2ccoc2c1. The Morgan fingerprint density at radius 2 is 2.31 bits per heavy atom. The van der Waals surface area contributed by atoms with Gasteiger partial charge in [-0.3, -0.25) is 15.4 Å². The summed E-state index contributed by atoms with van der Waals surface area (Å²) in [7, 11) is 0. The van der Waals surface area contributed by atoms with Gasteiger partial charge in [-0.1, -0.05) is 0 Å². The quantitative estimate of drug-likeness (QED) is 0.832. The van der Waals surface area contributed by atoms with Crippen LogP contribution in [0.1, 0.15) is 0 Å². The molecular formula is C11H10N4O. The molecule has 16 heavy (non-hydrogen) atoms. The number of benzene rings is 1. The molecule has 1 aliphatic rings. The second-order valence-electron chi connectivity index (χ2n) is 3.46. The van der Waals surface area contributed by atoms with Crippen molar-refractivity contribution >= 4 is 29.3 Å². The first-order chi connectivity index (χ1) is 7.92. The highest BCUT2D eigenvalue weighted by Gasteiger charge is 2.03. The maximum absolute atomic E-state index is 5.33. The molecule has 0 atom stereocenters. The standard InChI is InChI=1S/C11H10N4O/c1-2-10(5-11-9(1)3-4-16-11)14-15-7-12-6-13-8-15/h1-7,14H,8H2. The van der Waals surface area contributed by atoms with Crippen molar-refractivity contribution in [2.75, 3.05) is 12.1 Å². The molecule has 5 heteroatoms. The molecule has 0 spiro atoms. The first-order valence-electron chi connectivity index (χ1n) is 4.94. The van der Waals surface area contributed by atoms with Crippen molar-refractivity contribution in [3.63, 3.8) is 0 Å².